The van der Waals surface area contributed by atoms with E-state index in [-0.39, 0.29) is 16.6 Å². The molecule has 0 spiro atoms. The molecule has 0 unspecified atom stereocenters. The van der Waals surface area contributed by atoms with Crippen molar-refractivity contribution in [1.82, 2.24) is 10.1 Å². The molecule has 3 rings (SSSR count). The van der Waals surface area contributed by atoms with Crippen molar-refractivity contribution in [3.8, 4) is 11.5 Å². The average Bonchev–Trinajstić information content (AvgIpc) is 3.19. The molecule has 3 aromatic rings. The second kappa shape index (κ2) is 8.87. The van der Waals surface area contributed by atoms with E-state index in [0.717, 1.165) is 5.56 Å². The normalized spacial score (nSPS) is 11.2. The zero-order valence-electron chi connectivity index (χ0n) is 16.5. The number of nitrogens with zero attached hydrogens (tertiary/aromatic N) is 3. The summed E-state index contributed by atoms with van der Waals surface area (Å²) in [5.41, 5.74) is 2.23. The fourth-order valence-corrected chi connectivity index (χ4v) is 2.89. The topological polar surface area (TPSA) is 111 Å². The summed E-state index contributed by atoms with van der Waals surface area (Å²) in [6.45, 7) is 5.77. The predicted octanol–water partition coefficient (Wildman–Crippen LogP) is 5.38. The number of para-hydroxylation sites is 1. The maximum absolute atomic E-state index is 12.5. The van der Waals surface area contributed by atoms with Gasteiger partial charge in [-0.1, -0.05) is 48.8 Å². The molecule has 2 aromatic carbocycles. The highest BCUT2D eigenvalue weighted by Crippen LogP contribution is 2.31. The number of rotatable bonds is 6. The number of amides is 1. The highest BCUT2D eigenvalue weighted by atomic mass is 35.5. The van der Waals surface area contributed by atoms with Crippen molar-refractivity contribution in [1.29, 1.82) is 0 Å². The van der Waals surface area contributed by atoms with Crippen molar-refractivity contribution >= 4 is 35.0 Å². The number of aromatic nitrogens is 2. The van der Waals surface area contributed by atoms with Gasteiger partial charge < -0.3 is 9.84 Å². The van der Waals surface area contributed by atoms with Gasteiger partial charge in [-0.05, 0) is 36.3 Å². The highest BCUT2D eigenvalue weighted by molar-refractivity contribution is 6.32. The van der Waals surface area contributed by atoms with Crippen LogP contribution in [-0.4, -0.2) is 21.0 Å². The lowest BCUT2D eigenvalue weighted by molar-refractivity contribution is -0.384. The van der Waals surface area contributed by atoms with E-state index in [1.165, 1.54) is 24.3 Å². The molecule has 1 heterocycles. The Morgan fingerprint density at radius 1 is 1.30 bits per heavy atom. The number of nitro groups is 1. The lowest BCUT2D eigenvalue weighted by Gasteiger charge is -2.10. The van der Waals surface area contributed by atoms with Gasteiger partial charge in [0.25, 0.3) is 11.6 Å². The maximum atomic E-state index is 12.5. The summed E-state index contributed by atoms with van der Waals surface area (Å²) in [5, 5.41) is 17.8. The molecular formula is C21H19ClN4O4. The molecule has 0 radical (unpaired) electrons. The first kappa shape index (κ1) is 21.2. The van der Waals surface area contributed by atoms with Crippen LogP contribution in [0.15, 0.2) is 47.0 Å². The number of anilines is 1. The molecule has 0 aliphatic heterocycles. The second-order valence-electron chi connectivity index (χ2n) is 6.90. The van der Waals surface area contributed by atoms with Gasteiger partial charge in [0.05, 0.1) is 16.2 Å². The van der Waals surface area contributed by atoms with Gasteiger partial charge in [-0.25, -0.2) is 0 Å². The largest absolute Gasteiger partial charge is 0.334 e. The molecule has 30 heavy (non-hydrogen) atoms. The summed E-state index contributed by atoms with van der Waals surface area (Å²) < 4.78 is 5.36. The van der Waals surface area contributed by atoms with Crippen molar-refractivity contribution in [2.75, 3.05) is 5.32 Å². The van der Waals surface area contributed by atoms with E-state index in [2.05, 4.69) is 15.5 Å². The minimum Gasteiger partial charge on any atom is -0.334 e. The summed E-state index contributed by atoms with van der Waals surface area (Å²) in [6.07, 6.45) is 2.76. The lowest BCUT2D eigenvalue weighted by atomic mass is 10.1. The molecule has 0 atom stereocenters. The van der Waals surface area contributed by atoms with E-state index in [0.29, 0.717) is 28.5 Å². The van der Waals surface area contributed by atoms with Crippen LogP contribution < -0.4 is 5.32 Å². The third-order valence-corrected chi connectivity index (χ3v) is 4.62. The van der Waals surface area contributed by atoms with Crippen LogP contribution in [0.5, 0.6) is 0 Å². The zero-order valence-corrected chi connectivity index (χ0v) is 17.3. The number of aryl methyl sites for hydroxylation is 1. The molecule has 9 heteroatoms. The van der Waals surface area contributed by atoms with Crippen LogP contribution >= 0.6 is 11.6 Å². The number of carbonyl (C=O) groups excluding carboxylic acids is 1. The molecule has 0 aliphatic carbocycles. The number of hydrogen-bond donors (Lipinski definition) is 1. The summed E-state index contributed by atoms with van der Waals surface area (Å²) in [7, 11) is 0. The van der Waals surface area contributed by atoms with Gasteiger partial charge in [0.1, 0.15) is 5.02 Å². The van der Waals surface area contributed by atoms with Crippen LogP contribution in [0.2, 0.25) is 5.02 Å². The average molecular weight is 427 g/mol. The van der Waals surface area contributed by atoms with Crippen molar-refractivity contribution in [3.63, 3.8) is 0 Å². The molecule has 1 aromatic heterocycles. The van der Waals surface area contributed by atoms with Crippen LogP contribution in [-0.2, 0) is 4.79 Å². The van der Waals surface area contributed by atoms with Crippen LogP contribution in [0.1, 0.15) is 36.7 Å². The monoisotopic (exact) mass is 426 g/mol. The zero-order chi connectivity index (χ0) is 21.8. The SMILES string of the molecule is Cc1cccc(-c2nc(C(C)C)no2)c1NC(=O)/C=C/c1ccc(Cl)c([N+](=O)[O-])c1. The molecule has 0 saturated carbocycles. The first-order valence-electron chi connectivity index (χ1n) is 9.13. The molecule has 1 amide bonds. The fraction of sp³-hybridized carbons (Fsp3) is 0.190. The quantitative estimate of drug-likeness (QED) is 0.321. The Kier molecular flexibility index (Phi) is 6.27. The fourth-order valence-electron chi connectivity index (χ4n) is 2.70. The number of halogens is 1. The van der Waals surface area contributed by atoms with E-state index in [9.17, 15) is 14.9 Å². The Labute approximate surface area is 177 Å². The van der Waals surface area contributed by atoms with Crippen molar-refractivity contribution < 1.29 is 14.2 Å². The van der Waals surface area contributed by atoms with Crippen LogP contribution in [0.3, 0.4) is 0 Å². The molecule has 1 N–H and O–H groups in total. The summed E-state index contributed by atoms with van der Waals surface area (Å²) >= 11 is 5.81. The summed E-state index contributed by atoms with van der Waals surface area (Å²) in [5.74, 6) is 0.589. The first-order chi connectivity index (χ1) is 14.3. The minimum atomic E-state index is -0.574. The Morgan fingerprint density at radius 3 is 2.73 bits per heavy atom. The third-order valence-electron chi connectivity index (χ3n) is 4.30. The Hall–Kier alpha value is -3.52. The van der Waals surface area contributed by atoms with Gasteiger partial charge in [-0.15, -0.1) is 0 Å². The highest BCUT2D eigenvalue weighted by Gasteiger charge is 2.17. The van der Waals surface area contributed by atoms with E-state index in [4.69, 9.17) is 16.1 Å². The number of benzene rings is 2. The van der Waals surface area contributed by atoms with E-state index in [1.807, 2.05) is 32.9 Å². The van der Waals surface area contributed by atoms with Gasteiger partial charge in [-0.3, -0.25) is 14.9 Å². The van der Waals surface area contributed by atoms with E-state index >= 15 is 0 Å². The Bertz CT molecular complexity index is 1140. The second-order valence-corrected chi connectivity index (χ2v) is 7.31. The summed E-state index contributed by atoms with van der Waals surface area (Å²) in [6, 6.07) is 9.78. The molecule has 0 bridgehead atoms. The van der Waals surface area contributed by atoms with Crippen LogP contribution in [0.4, 0.5) is 11.4 Å². The van der Waals surface area contributed by atoms with Gasteiger partial charge in [0, 0.05) is 18.1 Å². The van der Waals surface area contributed by atoms with Gasteiger partial charge in [0.2, 0.25) is 5.91 Å². The van der Waals surface area contributed by atoms with Gasteiger partial charge >= 0.3 is 0 Å². The molecule has 0 saturated heterocycles. The lowest BCUT2D eigenvalue weighted by Crippen LogP contribution is -2.10. The van der Waals surface area contributed by atoms with Crippen molar-refractivity contribution in [2.24, 2.45) is 0 Å². The number of hydrogen-bond acceptors (Lipinski definition) is 6. The molecule has 0 fully saturated rings. The van der Waals surface area contributed by atoms with E-state index < -0.39 is 10.8 Å². The molecule has 0 aliphatic rings. The van der Waals surface area contributed by atoms with Gasteiger partial charge in [0.15, 0.2) is 5.82 Å². The van der Waals surface area contributed by atoms with Crippen LogP contribution in [0, 0.1) is 17.0 Å². The summed E-state index contributed by atoms with van der Waals surface area (Å²) in [4.78, 5) is 27.3. The minimum absolute atomic E-state index is 0.0338. The number of carbonyl (C=O) groups is 1. The Balaban J connectivity index is 1.84. The third kappa shape index (κ3) is 4.72. The predicted molar refractivity (Wildman–Crippen MR) is 114 cm³/mol. The first-order valence-corrected chi connectivity index (χ1v) is 9.50. The smallest absolute Gasteiger partial charge is 0.288 e. The van der Waals surface area contributed by atoms with Crippen LogP contribution in [0.25, 0.3) is 17.5 Å². The standard InChI is InChI=1S/C21H19ClN4O4/c1-12(2)20-24-21(30-25-20)15-6-4-5-13(3)19(15)23-18(27)10-8-14-7-9-16(22)17(11-14)26(28)29/h4-12H,1-3H3,(H,23,27)/b10-8+. The Morgan fingerprint density at radius 2 is 2.07 bits per heavy atom. The van der Waals surface area contributed by atoms with E-state index in [1.54, 1.807) is 12.1 Å². The van der Waals surface area contributed by atoms with Crippen molar-refractivity contribution in [2.45, 2.75) is 26.7 Å². The number of nitro benzene ring substituents is 1. The maximum Gasteiger partial charge on any atom is 0.288 e. The molecule has 8 nitrogen and oxygen atoms in total. The molecule has 154 valence electrons. The van der Waals surface area contributed by atoms with Crippen molar-refractivity contribution in [3.05, 3.63) is 74.6 Å². The molecular weight excluding hydrogens is 408 g/mol. The van der Waals surface area contributed by atoms with Gasteiger partial charge in [-0.2, -0.15) is 4.98 Å². The number of nitrogens with one attached hydrogen (secondary N) is 1.